The molecule has 0 radical (unpaired) electrons. The lowest BCUT2D eigenvalue weighted by atomic mass is 9.97. The van der Waals surface area contributed by atoms with Crippen molar-refractivity contribution < 1.29 is 9.18 Å². The normalized spacial score (nSPS) is 17.0. The van der Waals surface area contributed by atoms with Crippen LogP contribution in [0.5, 0.6) is 0 Å². The number of nitrogens with two attached hydrogens (primary N) is 2. The van der Waals surface area contributed by atoms with Gasteiger partial charge >= 0.3 is 0 Å². The average Bonchev–Trinajstić information content (AvgIpc) is 2.67. The number of nitrogens with one attached hydrogen (secondary N) is 2. The highest BCUT2D eigenvalue weighted by Gasteiger charge is 2.18. The molecule has 1 unspecified atom stereocenters. The van der Waals surface area contributed by atoms with Crippen LogP contribution in [0.1, 0.15) is 36.2 Å². The molecule has 1 aromatic heterocycles. The number of nitrogens with zero attached hydrogens (tertiary/aromatic N) is 2. The van der Waals surface area contributed by atoms with Crippen molar-refractivity contribution in [1.82, 2.24) is 9.97 Å². The zero-order valence-corrected chi connectivity index (χ0v) is 17.2. The molecule has 2 atom stereocenters. The minimum Gasteiger partial charge on any atom is -0.365 e. The topological polar surface area (TPSA) is 119 Å². The first-order valence-corrected chi connectivity index (χ1v) is 9.83. The second kappa shape index (κ2) is 9.49. The molecule has 7 nitrogen and oxygen atoms in total. The first kappa shape index (κ1) is 21.4. The Bertz CT molecular complexity index is 970. The van der Waals surface area contributed by atoms with E-state index >= 15 is 0 Å². The minimum absolute atomic E-state index is 0.0107. The fraction of sp³-hybridized carbons (Fsp3) is 0.318. The third kappa shape index (κ3) is 5.87. The van der Waals surface area contributed by atoms with Gasteiger partial charge in [-0.25, -0.2) is 9.37 Å². The Labute approximate surface area is 175 Å². The molecule has 158 valence electrons. The molecule has 0 spiro atoms. The van der Waals surface area contributed by atoms with Crippen molar-refractivity contribution in [1.29, 1.82) is 0 Å². The summed E-state index contributed by atoms with van der Waals surface area (Å²) >= 11 is 0. The van der Waals surface area contributed by atoms with Crippen LogP contribution in [0.4, 0.5) is 16.2 Å². The Morgan fingerprint density at radius 2 is 2.03 bits per heavy atom. The number of aromatic nitrogens is 2. The van der Waals surface area contributed by atoms with Gasteiger partial charge in [-0.3, -0.25) is 4.79 Å². The van der Waals surface area contributed by atoms with Crippen LogP contribution in [0.2, 0.25) is 0 Å². The van der Waals surface area contributed by atoms with E-state index in [9.17, 15) is 9.18 Å². The third-order valence-corrected chi connectivity index (χ3v) is 4.79. The van der Waals surface area contributed by atoms with Crippen LogP contribution in [0, 0.1) is 5.82 Å². The number of carbonyl (C=O) groups is 1. The number of carbonyl (C=O) groups excluding carboxylic acids is 1. The molecular formula is C22H27FN6O. The molecule has 1 amide bonds. The van der Waals surface area contributed by atoms with Crippen LogP contribution in [-0.4, -0.2) is 34.5 Å². The summed E-state index contributed by atoms with van der Waals surface area (Å²) in [6.45, 7) is 4.51. The lowest BCUT2D eigenvalue weighted by molar-refractivity contribution is 0.100. The number of hydrogen-bond donors (Lipinski definition) is 4. The Morgan fingerprint density at radius 1 is 1.30 bits per heavy atom. The van der Waals surface area contributed by atoms with Gasteiger partial charge in [-0.1, -0.05) is 35.4 Å². The molecule has 2 aromatic rings. The number of hydrogen-bond acceptors (Lipinski definition) is 6. The van der Waals surface area contributed by atoms with Gasteiger partial charge in [0.2, 0.25) is 5.95 Å². The van der Waals surface area contributed by atoms with Crippen LogP contribution < -0.4 is 22.1 Å². The molecule has 0 bridgehead atoms. The van der Waals surface area contributed by atoms with E-state index in [1.165, 1.54) is 23.9 Å². The number of halogens is 1. The smallest absolute Gasteiger partial charge is 0.254 e. The van der Waals surface area contributed by atoms with Gasteiger partial charge in [-0.15, -0.1) is 0 Å². The van der Waals surface area contributed by atoms with E-state index < -0.39 is 5.91 Å². The Kier molecular flexibility index (Phi) is 6.79. The molecule has 1 aliphatic rings. The highest BCUT2D eigenvalue weighted by Crippen LogP contribution is 2.22. The van der Waals surface area contributed by atoms with Gasteiger partial charge in [0.15, 0.2) is 0 Å². The van der Waals surface area contributed by atoms with Gasteiger partial charge in [-0.05, 0) is 44.4 Å². The van der Waals surface area contributed by atoms with E-state index in [4.69, 9.17) is 11.5 Å². The van der Waals surface area contributed by atoms with E-state index in [2.05, 4.69) is 39.7 Å². The van der Waals surface area contributed by atoms with Crippen molar-refractivity contribution in [2.24, 2.45) is 11.5 Å². The van der Waals surface area contributed by atoms with Crippen molar-refractivity contribution in [3.8, 4) is 0 Å². The first-order chi connectivity index (χ1) is 14.3. The van der Waals surface area contributed by atoms with Gasteiger partial charge in [-0.2, -0.15) is 4.98 Å². The highest BCUT2D eigenvalue weighted by atomic mass is 19.1. The van der Waals surface area contributed by atoms with E-state index in [0.717, 1.165) is 17.6 Å². The summed E-state index contributed by atoms with van der Waals surface area (Å²) in [5.41, 5.74) is 15.2. The molecule has 8 heteroatoms. The fourth-order valence-electron chi connectivity index (χ4n) is 3.46. The molecule has 0 aliphatic heterocycles. The van der Waals surface area contributed by atoms with Crippen molar-refractivity contribution in [3.63, 3.8) is 0 Å². The standard InChI is InChI=1S/C22H27FN6O/c1-13-7-14(2)9-18(8-13)28-21-19(20(25)30)12-27-22(29-21)26-11-17(24)10-15-3-5-16(23)6-4-15/h3-8,12,17-18H,9-11,24H2,1-2H3,(H2,25,30)(H2,26,27,28,29)/t17-,18?/m0/s1. The highest BCUT2D eigenvalue weighted by molar-refractivity contribution is 5.97. The number of rotatable bonds is 8. The van der Waals surface area contributed by atoms with Gasteiger partial charge in [0, 0.05) is 18.8 Å². The maximum absolute atomic E-state index is 13.0. The van der Waals surface area contributed by atoms with Gasteiger partial charge in [0.1, 0.15) is 11.6 Å². The molecule has 6 N–H and O–H groups in total. The van der Waals surface area contributed by atoms with E-state index in [1.54, 1.807) is 12.1 Å². The average molecular weight is 410 g/mol. The predicted molar refractivity (Wildman–Crippen MR) is 117 cm³/mol. The van der Waals surface area contributed by atoms with Crippen molar-refractivity contribution in [2.75, 3.05) is 17.2 Å². The SMILES string of the molecule is CC1=CC(Nc2nc(NC[C@@H](N)Cc3ccc(F)cc3)ncc2C(N)=O)CC(C)=C1. The summed E-state index contributed by atoms with van der Waals surface area (Å²) in [6, 6.07) is 6.05. The van der Waals surface area contributed by atoms with Crippen LogP contribution >= 0.6 is 0 Å². The summed E-state index contributed by atoms with van der Waals surface area (Å²) in [6.07, 6.45) is 7.02. The molecule has 0 saturated heterocycles. The maximum atomic E-state index is 13.0. The largest absolute Gasteiger partial charge is 0.365 e. The number of allylic oxidation sites excluding steroid dienone is 2. The van der Waals surface area contributed by atoms with Gasteiger partial charge in [0.05, 0.1) is 11.6 Å². The van der Waals surface area contributed by atoms with E-state index in [1.807, 2.05) is 6.92 Å². The van der Waals surface area contributed by atoms with Crippen LogP contribution in [0.3, 0.4) is 0 Å². The van der Waals surface area contributed by atoms with Crippen LogP contribution in [-0.2, 0) is 6.42 Å². The molecule has 0 fully saturated rings. The molecule has 3 rings (SSSR count). The molecular weight excluding hydrogens is 383 g/mol. The van der Waals surface area contributed by atoms with Gasteiger partial charge in [0.25, 0.3) is 5.91 Å². The molecule has 1 aromatic carbocycles. The summed E-state index contributed by atoms with van der Waals surface area (Å²) in [5, 5.41) is 6.39. The quantitative estimate of drug-likeness (QED) is 0.531. The lowest BCUT2D eigenvalue weighted by Crippen LogP contribution is -2.32. The summed E-state index contributed by atoms with van der Waals surface area (Å²) in [7, 11) is 0. The van der Waals surface area contributed by atoms with Gasteiger partial charge < -0.3 is 22.1 Å². The second-order valence-corrected chi connectivity index (χ2v) is 7.65. The van der Waals surface area contributed by atoms with Crippen LogP contribution in [0.15, 0.2) is 53.8 Å². The lowest BCUT2D eigenvalue weighted by Gasteiger charge is -2.22. The first-order valence-electron chi connectivity index (χ1n) is 9.83. The molecule has 1 aliphatic carbocycles. The van der Waals surface area contributed by atoms with E-state index in [-0.39, 0.29) is 23.5 Å². The number of primary amides is 1. The number of anilines is 2. The molecule has 1 heterocycles. The van der Waals surface area contributed by atoms with Crippen molar-refractivity contribution in [3.05, 3.63) is 70.7 Å². The zero-order chi connectivity index (χ0) is 21.7. The van der Waals surface area contributed by atoms with Crippen molar-refractivity contribution >= 4 is 17.7 Å². The number of amides is 1. The molecule has 0 saturated carbocycles. The second-order valence-electron chi connectivity index (χ2n) is 7.65. The summed E-state index contributed by atoms with van der Waals surface area (Å²) in [4.78, 5) is 20.4. The molecule has 30 heavy (non-hydrogen) atoms. The summed E-state index contributed by atoms with van der Waals surface area (Å²) < 4.78 is 13.0. The summed E-state index contributed by atoms with van der Waals surface area (Å²) in [5.74, 6) is -0.139. The Hall–Kier alpha value is -3.26. The maximum Gasteiger partial charge on any atom is 0.254 e. The fourth-order valence-corrected chi connectivity index (χ4v) is 3.46. The van der Waals surface area contributed by atoms with Crippen LogP contribution in [0.25, 0.3) is 0 Å². The minimum atomic E-state index is -0.596. The number of benzene rings is 1. The zero-order valence-electron chi connectivity index (χ0n) is 17.2. The predicted octanol–water partition coefficient (Wildman–Crippen LogP) is 2.77. The Morgan fingerprint density at radius 3 is 2.70 bits per heavy atom. The third-order valence-electron chi connectivity index (χ3n) is 4.79. The monoisotopic (exact) mass is 410 g/mol. The van der Waals surface area contributed by atoms with E-state index in [0.29, 0.717) is 24.7 Å². The van der Waals surface area contributed by atoms with Crippen molar-refractivity contribution in [2.45, 2.75) is 38.8 Å². The Balaban J connectivity index is 1.67.